The van der Waals surface area contributed by atoms with E-state index in [0.29, 0.717) is 10.0 Å². The SMILES string of the molecule is CCCc1cc2ccc(Cl)c(Cl)c2nc1NCC. The van der Waals surface area contributed by atoms with Gasteiger partial charge < -0.3 is 5.32 Å². The number of aromatic nitrogens is 1. The minimum atomic E-state index is 0.524. The summed E-state index contributed by atoms with van der Waals surface area (Å²) in [7, 11) is 0. The molecule has 1 aromatic carbocycles. The lowest BCUT2D eigenvalue weighted by atomic mass is 10.1. The van der Waals surface area contributed by atoms with E-state index < -0.39 is 0 Å². The number of aryl methyl sites for hydroxylation is 1. The highest BCUT2D eigenvalue weighted by Crippen LogP contribution is 2.32. The summed E-state index contributed by atoms with van der Waals surface area (Å²) in [6.07, 6.45) is 2.10. The molecule has 0 bridgehead atoms. The molecule has 4 heteroatoms. The van der Waals surface area contributed by atoms with Gasteiger partial charge in [0.25, 0.3) is 0 Å². The van der Waals surface area contributed by atoms with Crippen LogP contribution < -0.4 is 5.32 Å². The molecule has 0 aliphatic rings. The number of anilines is 1. The van der Waals surface area contributed by atoms with E-state index >= 15 is 0 Å². The first-order chi connectivity index (χ1) is 8.67. The molecule has 0 unspecified atom stereocenters. The molecule has 2 nitrogen and oxygen atoms in total. The fraction of sp³-hybridized carbons (Fsp3) is 0.357. The van der Waals surface area contributed by atoms with Crippen molar-refractivity contribution in [2.75, 3.05) is 11.9 Å². The van der Waals surface area contributed by atoms with Crippen LogP contribution in [0.3, 0.4) is 0 Å². The largest absolute Gasteiger partial charge is 0.370 e. The smallest absolute Gasteiger partial charge is 0.129 e. The van der Waals surface area contributed by atoms with Crippen LogP contribution in [0.5, 0.6) is 0 Å². The van der Waals surface area contributed by atoms with Gasteiger partial charge >= 0.3 is 0 Å². The van der Waals surface area contributed by atoms with Gasteiger partial charge in [0.2, 0.25) is 0 Å². The molecule has 0 amide bonds. The third-order valence-electron chi connectivity index (χ3n) is 2.82. The molecule has 0 aliphatic heterocycles. The zero-order valence-corrected chi connectivity index (χ0v) is 12.1. The van der Waals surface area contributed by atoms with Crippen molar-refractivity contribution in [2.24, 2.45) is 0 Å². The second-order valence-electron chi connectivity index (χ2n) is 4.21. The third kappa shape index (κ3) is 2.55. The number of fused-ring (bicyclic) bond motifs is 1. The number of halogens is 2. The molecular weight excluding hydrogens is 267 g/mol. The van der Waals surface area contributed by atoms with Gasteiger partial charge in [-0.3, -0.25) is 0 Å². The van der Waals surface area contributed by atoms with E-state index in [1.807, 2.05) is 12.1 Å². The maximum absolute atomic E-state index is 6.21. The van der Waals surface area contributed by atoms with Gasteiger partial charge in [-0.25, -0.2) is 4.98 Å². The first kappa shape index (κ1) is 13.4. The Morgan fingerprint density at radius 1 is 1.22 bits per heavy atom. The van der Waals surface area contributed by atoms with Crippen molar-refractivity contribution in [1.29, 1.82) is 0 Å². The van der Waals surface area contributed by atoms with Crippen molar-refractivity contribution < 1.29 is 0 Å². The summed E-state index contributed by atoms with van der Waals surface area (Å²) < 4.78 is 0. The van der Waals surface area contributed by atoms with Gasteiger partial charge in [0, 0.05) is 11.9 Å². The Morgan fingerprint density at radius 3 is 2.67 bits per heavy atom. The Labute approximate surface area is 117 Å². The lowest BCUT2D eigenvalue weighted by molar-refractivity contribution is 0.916. The molecular formula is C14H16Cl2N2. The van der Waals surface area contributed by atoms with E-state index in [4.69, 9.17) is 23.2 Å². The molecule has 18 heavy (non-hydrogen) atoms. The molecule has 0 spiro atoms. The lowest BCUT2D eigenvalue weighted by Crippen LogP contribution is -2.04. The van der Waals surface area contributed by atoms with E-state index in [1.54, 1.807) is 0 Å². The number of benzene rings is 1. The number of hydrogen-bond acceptors (Lipinski definition) is 2. The Hall–Kier alpha value is -0.990. The van der Waals surface area contributed by atoms with Crippen molar-refractivity contribution in [2.45, 2.75) is 26.7 Å². The van der Waals surface area contributed by atoms with Crippen molar-refractivity contribution in [3.05, 3.63) is 33.8 Å². The average molecular weight is 283 g/mol. The molecule has 0 radical (unpaired) electrons. The number of rotatable bonds is 4. The van der Waals surface area contributed by atoms with Crippen molar-refractivity contribution in [1.82, 2.24) is 4.98 Å². The van der Waals surface area contributed by atoms with Crippen molar-refractivity contribution in [3.8, 4) is 0 Å². The Morgan fingerprint density at radius 2 is 2.00 bits per heavy atom. The zero-order valence-electron chi connectivity index (χ0n) is 10.6. The van der Waals surface area contributed by atoms with Gasteiger partial charge in [-0.15, -0.1) is 0 Å². The quantitative estimate of drug-likeness (QED) is 0.860. The lowest BCUT2D eigenvalue weighted by Gasteiger charge is -2.12. The minimum absolute atomic E-state index is 0.524. The number of hydrogen-bond donors (Lipinski definition) is 1. The molecule has 1 aromatic heterocycles. The fourth-order valence-electron chi connectivity index (χ4n) is 2.01. The average Bonchev–Trinajstić information content (AvgIpc) is 2.36. The zero-order chi connectivity index (χ0) is 13.1. The van der Waals surface area contributed by atoms with Crippen LogP contribution in [0.2, 0.25) is 10.0 Å². The highest BCUT2D eigenvalue weighted by Gasteiger charge is 2.10. The number of pyridine rings is 1. The molecule has 0 fully saturated rings. The number of nitrogens with zero attached hydrogens (tertiary/aromatic N) is 1. The predicted octanol–water partition coefficient (Wildman–Crippen LogP) is 4.93. The van der Waals surface area contributed by atoms with Gasteiger partial charge in [-0.1, -0.05) is 42.6 Å². The maximum Gasteiger partial charge on any atom is 0.129 e. The van der Waals surface area contributed by atoms with Gasteiger partial charge in [-0.2, -0.15) is 0 Å². The molecule has 0 aliphatic carbocycles. The Balaban J connectivity index is 2.64. The number of nitrogens with one attached hydrogen (secondary N) is 1. The van der Waals surface area contributed by atoms with E-state index in [2.05, 4.69) is 30.2 Å². The van der Waals surface area contributed by atoms with Gasteiger partial charge in [0.05, 0.1) is 15.6 Å². The normalized spacial score (nSPS) is 10.9. The van der Waals surface area contributed by atoms with E-state index in [-0.39, 0.29) is 0 Å². The van der Waals surface area contributed by atoms with Crippen molar-refractivity contribution >= 4 is 39.9 Å². The van der Waals surface area contributed by atoms with Crippen LogP contribution in [0, 0.1) is 0 Å². The van der Waals surface area contributed by atoms with Gasteiger partial charge in [0.1, 0.15) is 5.82 Å². The fourth-order valence-corrected chi connectivity index (χ4v) is 2.37. The molecule has 0 saturated carbocycles. The summed E-state index contributed by atoms with van der Waals surface area (Å²) in [5.41, 5.74) is 1.99. The second-order valence-corrected chi connectivity index (χ2v) is 4.99. The monoisotopic (exact) mass is 282 g/mol. The van der Waals surface area contributed by atoms with E-state index in [1.165, 1.54) is 5.56 Å². The Bertz CT molecular complexity index is 567. The molecule has 1 N–H and O–H groups in total. The van der Waals surface area contributed by atoms with Crippen LogP contribution in [0.15, 0.2) is 18.2 Å². The van der Waals surface area contributed by atoms with Crippen LogP contribution in [-0.4, -0.2) is 11.5 Å². The molecule has 2 aromatic rings. The predicted molar refractivity (Wildman–Crippen MR) is 79.9 cm³/mol. The van der Waals surface area contributed by atoms with Crippen LogP contribution in [0.4, 0.5) is 5.82 Å². The van der Waals surface area contributed by atoms with Crippen LogP contribution in [0.1, 0.15) is 25.8 Å². The second kappa shape index (κ2) is 5.77. The maximum atomic E-state index is 6.21. The summed E-state index contributed by atoms with van der Waals surface area (Å²) in [5.74, 6) is 0.913. The van der Waals surface area contributed by atoms with Crippen LogP contribution in [0.25, 0.3) is 10.9 Å². The summed E-state index contributed by atoms with van der Waals surface area (Å²) in [5, 5.41) is 5.39. The highest BCUT2D eigenvalue weighted by atomic mass is 35.5. The van der Waals surface area contributed by atoms with E-state index in [0.717, 1.165) is 36.1 Å². The van der Waals surface area contributed by atoms with Gasteiger partial charge in [0.15, 0.2) is 0 Å². The summed E-state index contributed by atoms with van der Waals surface area (Å²) in [6, 6.07) is 5.92. The summed E-state index contributed by atoms with van der Waals surface area (Å²) >= 11 is 12.2. The van der Waals surface area contributed by atoms with Crippen LogP contribution in [-0.2, 0) is 6.42 Å². The molecule has 96 valence electrons. The van der Waals surface area contributed by atoms with Crippen LogP contribution >= 0.6 is 23.2 Å². The van der Waals surface area contributed by atoms with Crippen molar-refractivity contribution in [3.63, 3.8) is 0 Å². The molecule has 0 saturated heterocycles. The summed E-state index contributed by atoms with van der Waals surface area (Å²) in [4.78, 5) is 4.62. The summed E-state index contributed by atoms with van der Waals surface area (Å²) in [6.45, 7) is 5.06. The minimum Gasteiger partial charge on any atom is -0.370 e. The molecule has 1 heterocycles. The third-order valence-corrected chi connectivity index (χ3v) is 3.62. The first-order valence-corrected chi connectivity index (χ1v) is 6.94. The van der Waals surface area contributed by atoms with Gasteiger partial charge in [-0.05, 0) is 31.0 Å². The Kier molecular flexibility index (Phi) is 4.31. The molecule has 0 atom stereocenters. The standard InChI is InChI=1S/C14H16Cl2N2/c1-3-5-10-8-9-6-7-11(15)12(16)13(9)18-14(10)17-4-2/h6-8H,3-5H2,1-2H3,(H,17,18). The highest BCUT2D eigenvalue weighted by molar-refractivity contribution is 6.45. The topological polar surface area (TPSA) is 24.9 Å². The van der Waals surface area contributed by atoms with E-state index in [9.17, 15) is 0 Å². The first-order valence-electron chi connectivity index (χ1n) is 6.18. The molecule has 2 rings (SSSR count).